The molecular formula is C16H30NO+. The van der Waals surface area contributed by atoms with Crippen molar-refractivity contribution in [2.24, 2.45) is 5.92 Å². The molecule has 0 aromatic rings. The Kier molecular flexibility index (Phi) is 4.58. The van der Waals surface area contributed by atoms with Gasteiger partial charge in [0.2, 0.25) is 0 Å². The van der Waals surface area contributed by atoms with Gasteiger partial charge in [0.25, 0.3) is 0 Å². The standard InChI is InChI=1S/C16H29NO/c1-2-8-15(9-3-1)18-13-14-7-6-12-17-11-5-4-10-16(14)17/h14-16H,1-13H2/p+1/t14-,16+/m1/s1. The van der Waals surface area contributed by atoms with E-state index in [2.05, 4.69) is 0 Å². The lowest BCUT2D eigenvalue weighted by atomic mass is 9.84. The second-order valence-electron chi connectivity index (χ2n) is 6.76. The average molecular weight is 252 g/mol. The van der Waals surface area contributed by atoms with Crippen LogP contribution in [0.4, 0.5) is 0 Å². The van der Waals surface area contributed by atoms with Crippen molar-refractivity contribution >= 4 is 0 Å². The van der Waals surface area contributed by atoms with Gasteiger partial charge in [0.1, 0.15) is 0 Å². The van der Waals surface area contributed by atoms with Crippen LogP contribution in [-0.4, -0.2) is 31.8 Å². The minimum Gasteiger partial charge on any atom is -0.378 e. The van der Waals surface area contributed by atoms with E-state index in [1.54, 1.807) is 0 Å². The van der Waals surface area contributed by atoms with E-state index < -0.39 is 0 Å². The van der Waals surface area contributed by atoms with Crippen LogP contribution in [0.25, 0.3) is 0 Å². The molecule has 3 aliphatic rings. The molecule has 0 amide bonds. The fourth-order valence-electron chi connectivity index (χ4n) is 4.47. The third-order valence-corrected chi connectivity index (χ3v) is 5.53. The summed E-state index contributed by atoms with van der Waals surface area (Å²) in [4.78, 5) is 1.91. The van der Waals surface area contributed by atoms with Crippen molar-refractivity contribution in [1.29, 1.82) is 0 Å². The van der Waals surface area contributed by atoms with Gasteiger partial charge >= 0.3 is 0 Å². The Labute approximate surface area is 112 Å². The van der Waals surface area contributed by atoms with E-state index in [9.17, 15) is 0 Å². The van der Waals surface area contributed by atoms with Gasteiger partial charge in [-0.15, -0.1) is 0 Å². The van der Waals surface area contributed by atoms with Crippen LogP contribution in [0.1, 0.15) is 64.2 Å². The molecule has 0 spiro atoms. The lowest BCUT2D eigenvalue weighted by Gasteiger charge is -2.41. The second-order valence-corrected chi connectivity index (χ2v) is 6.76. The number of hydrogen-bond donors (Lipinski definition) is 1. The Hall–Kier alpha value is -0.0800. The minimum absolute atomic E-state index is 0.604. The Bertz CT molecular complexity index is 247. The normalized spacial score (nSPS) is 38.3. The Morgan fingerprint density at radius 1 is 0.778 bits per heavy atom. The molecule has 1 N–H and O–H groups in total. The fourth-order valence-corrected chi connectivity index (χ4v) is 4.47. The number of fused-ring (bicyclic) bond motifs is 1. The lowest BCUT2D eigenvalue weighted by Crippen LogP contribution is -3.18. The third-order valence-electron chi connectivity index (χ3n) is 5.53. The van der Waals surface area contributed by atoms with Gasteiger partial charge in [-0.25, -0.2) is 0 Å². The van der Waals surface area contributed by atoms with Gasteiger partial charge in [-0.1, -0.05) is 19.3 Å². The van der Waals surface area contributed by atoms with Gasteiger partial charge < -0.3 is 9.64 Å². The van der Waals surface area contributed by atoms with Crippen molar-refractivity contribution < 1.29 is 9.64 Å². The monoisotopic (exact) mass is 252 g/mol. The predicted molar refractivity (Wildman–Crippen MR) is 73.9 cm³/mol. The van der Waals surface area contributed by atoms with Gasteiger partial charge in [0.15, 0.2) is 0 Å². The second kappa shape index (κ2) is 6.38. The maximum absolute atomic E-state index is 6.26. The van der Waals surface area contributed by atoms with Gasteiger partial charge in [0.05, 0.1) is 31.8 Å². The molecule has 18 heavy (non-hydrogen) atoms. The van der Waals surface area contributed by atoms with Crippen molar-refractivity contribution in [3.8, 4) is 0 Å². The molecule has 1 unspecified atom stereocenters. The molecule has 2 saturated heterocycles. The molecule has 1 saturated carbocycles. The molecule has 3 atom stereocenters. The zero-order valence-corrected chi connectivity index (χ0v) is 11.8. The molecule has 0 aromatic heterocycles. The number of piperidine rings is 2. The summed E-state index contributed by atoms with van der Waals surface area (Å²) in [5.74, 6) is 0.871. The highest BCUT2D eigenvalue weighted by Gasteiger charge is 2.36. The molecule has 0 radical (unpaired) electrons. The quantitative estimate of drug-likeness (QED) is 0.813. The highest BCUT2D eigenvalue weighted by molar-refractivity contribution is 4.76. The van der Waals surface area contributed by atoms with Crippen LogP contribution in [0.3, 0.4) is 0 Å². The first kappa shape index (κ1) is 12.9. The summed E-state index contributed by atoms with van der Waals surface area (Å²) in [6, 6.07) is 0.941. The van der Waals surface area contributed by atoms with Gasteiger partial charge in [0, 0.05) is 5.92 Å². The molecule has 0 bridgehead atoms. The summed E-state index contributed by atoms with van der Waals surface area (Å²) in [5.41, 5.74) is 0. The van der Waals surface area contributed by atoms with Crippen LogP contribution < -0.4 is 4.90 Å². The molecule has 1 aliphatic carbocycles. The van der Waals surface area contributed by atoms with E-state index in [4.69, 9.17) is 4.74 Å². The van der Waals surface area contributed by atoms with Crippen molar-refractivity contribution in [3.05, 3.63) is 0 Å². The summed E-state index contributed by atoms with van der Waals surface area (Å²) in [7, 11) is 0. The number of ether oxygens (including phenoxy) is 1. The van der Waals surface area contributed by atoms with Crippen molar-refractivity contribution in [3.63, 3.8) is 0 Å². The molecule has 104 valence electrons. The molecule has 2 nitrogen and oxygen atoms in total. The van der Waals surface area contributed by atoms with Crippen LogP contribution in [0.5, 0.6) is 0 Å². The topological polar surface area (TPSA) is 13.7 Å². The smallest absolute Gasteiger partial charge is 0.0925 e. The van der Waals surface area contributed by atoms with Gasteiger partial charge in [-0.2, -0.15) is 0 Å². The summed E-state index contributed by atoms with van der Waals surface area (Å²) in [6.07, 6.45) is 14.8. The van der Waals surface area contributed by atoms with E-state index in [1.165, 1.54) is 77.3 Å². The fraction of sp³-hybridized carbons (Fsp3) is 1.00. The van der Waals surface area contributed by atoms with Crippen LogP contribution in [0.2, 0.25) is 0 Å². The first-order valence-corrected chi connectivity index (χ1v) is 8.39. The Morgan fingerprint density at radius 3 is 2.44 bits per heavy atom. The summed E-state index contributed by atoms with van der Waals surface area (Å²) >= 11 is 0. The van der Waals surface area contributed by atoms with Crippen LogP contribution >= 0.6 is 0 Å². The summed E-state index contributed by atoms with van der Waals surface area (Å²) in [5, 5.41) is 0. The third kappa shape index (κ3) is 3.08. The molecule has 2 heterocycles. The summed E-state index contributed by atoms with van der Waals surface area (Å²) in [6.45, 7) is 3.94. The molecule has 2 heteroatoms. The zero-order valence-electron chi connectivity index (χ0n) is 11.8. The predicted octanol–water partition coefficient (Wildman–Crippen LogP) is 2.18. The maximum atomic E-state index is 6.26. The lowest BCUT2D eigenvalue weighted by molar-refractivity contribution is -0.940. The van der Waals surface area contributed by atoms with Crippen molar-refractivity contribution in [1.82, 2.24) is 0 Å². The van der Waals surface area contributed by atoms with E-state index in [1.807, 2.05) is 4.90 Å². The maximum Gasteiger partial charge on any atom is 0.0925 e. The molecule has 3 rings (SSSR count). The van der Waals surface area contributed by atoms with E-state index in [-0.39, 0.29) is 0 Å². The van der Waals surface area contributed by atoms with Crippen LogP contribution in [0, 0.1) is 5.92 Å². The first-order valence-electron chi connectivity index (χ1n) is 8.39. The van der Waals surface area contributed by atoms with Gasteiger partial charge in [-0.3, -0.25) is 0 Å². The highest BCUT2D eigenvalue weighted by atomic mass is 16.5. The van der Waals surface area contributed by atoms with Crippen LogP contribution in [0.15, 0.2) is 0 Å². The van der Waals surface area contributed by atoms with Gasteiger partial charge in [-0.05, 0) is 44.9 Å². The van der Waals surface area contributed by atoms with Crippen molar-refractivity contribution in [2.75, 3.05) is 19.7 Å². The van der Waals surface area contributed by atoms with E-state index >= 15 is 0 Å². The summed E-state index contributed by atoms with van der Waals surface area (Å²) < 4.78 is 6.26. The number of nitrogens with one attached hydrogen (secondary N) is 1. The van der Waals surface area contributed by atoms with E-state index in [0.29, 0.717) is 6.10 Å². The Morgan fingerprint density at radius 2 is 1.56 bits per heavy atom. The number of rotatable bonds is 3. The number of hydrogen-bond acceptors (Lipinski definition) is 1. The molecule has 3 fully saturated rings. The van der Waals surface area contributed by atoms with Crippen molar-refractivity contribution in [2.45, 2.75) is 76.4 Å². The zero-order chi connectivity index (χ0) is 12.2. The molecule has 2 aliphatic heterocycles. The molecule has 0 aromatic carbocycles. The Balaban J connectivity index is 1.48. The number of quaternary nitrogens is 1. The minimum atomic E-state index is 0.604. The average Bonchev–Trinajstić information content (AvgIpc) is 2.46. The molecular weight excluding hydrogens is 222 g/mol. The van der Waals surface area contributed by atoms with E-state index in [0.717, 1.165) is 18.6 Å². The van der Waals surface area contributed by atoms with Crippen LogP contribution in [-0.2, 0) is 4.74 Å². The first-order chi connectivity index (χ1) is 8.93. The highest BCUT2D eigenvalue weighted by Crippen LogP contribution is 2.24. The largest absolute Gasteiger partial charge is 0.378 e. The SMILES string of the molecule is C1CCC(OC[C@H]2CCC[NH+]3CCCC[C@@H]23)CC1.